The summed E-state index contributed by atoms with van der Waals surface area (Å²) in [6.07, 6.45) is 42.3. The van der Waals surface area contributed by atoms with E-state index in [-0.39, 0.29) is 32.0 Å². The Bertz CT molecular complexity index is 1040. The summed E-state index contributed by atoms with van der Waals surface area (Å²) in [5.74, 6) is -0.801. The molecule has 6 unspecified atom stereocenters. The number of rotatable bonds is 46. The normalized spacial score (nSPS) is 19.5. The van der Waals surface area contributed by atoms with Gasteiger partial charge in [0.25, 0.3) is 0 Å². The van der Waals surface area contributed by atoms with Gasteiger partial charge in [-0.1, -0.05) is 219 Å². The molecular formula is C53H100O10. The Kier molecular flexibility index (Phi) is 41.8. The van der Waals surface area contributed by atoms with E-state index in [4.69, 9.17) is 18.9 Å². The molecule has 372 valence electrons. The summed E-state index contributed by atoms with van der Waals surface area (Å²) >= 11 is 0. The van der Waals surface area contributed by atoms with Crippen molar-refractivity contribution < 1.29 is 49.0 Å². The molecule has 0 radical (unpaired) electrons. The number of carbonyl (C=O) groups excluding carboxylic acids is 2. The molecule has 0 aliphatic carbocycles. The van der Waals surface area contributed by atoms with Crippen molar-refractivity contribution >= 4 is 11.9 Å². The van der Waals surface area contributed by atoms with Crippen molar-refractivity contribution in [3.8, 4) is 0 Å². The van der Waals surface area contributed by atoms with Gasteiger partial charge in [0.05, 0.1) is 13.2 Å². The van der Waals surface area contributed by atoms with Gasteiger partial charge in [0.2, 0.25) is 0 Å². The molecule has 0 aromatic carbocycles. The highest BCUT2D eigenvalue weighted by atomic mass is 16.7. The third-order valence-corrected chi connectivity index (χ3v) is 12.7. The van der Waals surface area contributed by atoms with Crippen molar-refractivity contribution in [3.05, 3.63) is 12.2 Å². The smallest absolute Gasteiger partial charge is 0.306 e. The van der Waals surface area contributed by atoms with Crippen LogP contribution in [0.3, 0.4) is 0 Å². The van der Waals surface area contributed by atoms with Gasteiger partial charge in [0.15, 0.2) is 12.4 Å². The van der Waals surface area contributed by atoms with E-state index in [2.05, 4.69) is 26.0 Å². The van der Waals surface area contributed by atoms with Gasteiger partial charge in [0, 0.05) is 12.8 Å². The topological polar surface area (TPSA) is 152 Å². The molecule has 63 heavy (non-hydrogen) atoms. The first kappa shape index (κ1) is 59.5. The lowest BCUT2D eigenvalue weighted by Gasteiger charge is -2.39. The molecule has 10 nitrogen and oxygen atoms in total. The molecule has 10 heteroatoms. The number of unbranched alkanes of at least 4 members (excludes halogenated alkanes) is 33. The third-order valence-electron chi connectivity index (χ3n) is 12.7. The molecule has 1 aliphatic rings. The van der Waals surface area contributed by atoms with Crippen LogP contribution in [0.15, 0.2) is 12.2 Å². The summed E-state index contributed by atoms with van der Waals surface area (Å²) in [7, 11) is 0. The number of aliphatic hydroxyl groups excluding tert-OH is 4. The molecule has 0 aromatic rings. The van der Waals surface area contributed by atoms with Gasteiger partial charge >= 0.3 is 11.9 Å². The van der Waals surface area contributed by atoms with Gasteiger partial charge < -0.3 is 39.4 Å². The fraction of sp³-hybridized carbons (Fsp3) is 0.925. The number of aliphatic hydroxyl groups is 4. The maximum atomic E-state index is 12.8. The minimum atomic E-state index is -1.59. The summed E-state index contributed by atoms with van der Waals surface area (Å²) in [4.78, 5) is 25.4. The molecule has 1 saturated heterocycles. The number of hydrogen-bond donors (Lipinski definition) is 4. The van der Waals surface area contributed by atoms with Crippen molar-refractivity contribution in [3.63, 3.8) is 0 Å². The van der Waals surface area contributed by atoms with E-state index in [0.717, 1.165) is 51.4 Å². The average Bonchev–Trinajstić information content (AvgIpc) is 3.28. The fourth-order valence-corrected chi connectivity index (χ4v) is 8.42. The molecule has 1 heterocycles. The quantitative estimate of drug-likeness (QED) is 0.0264. The molecular weight excluding hydrogens is 797 g/mol. The lowest BCUT2D eigenvalue weighted by molar-refractivity contribution is -0.305. The largest absolute Gasteiger partial charge is 0.462 e. The SMILES string of the molecule is CCCCCCC/C=C\CCCCCCCC(=O)OC(COC(=O)CCCCCCCCCCCCCCCCCCCCCCCCCC)COC1OC(CO)C(O)C(O)C1O. The highest BCUT2D eigenvalue weighted by Crippen LogP contribution is 2.23. The van der Waals surface area contributed by atoms with Crippen LogP contribution < -0.4 is 0 Å². The van der Waals surface area contributed by atoms with Crippen LogP contribution in [0.4, 0.5) is 0 Å². The number of ether oxygens (including phenoxy) is 4. The van der Waals surface area contributed by atoms with Gasteiger partial charge in [0.1, 0.15) is 31.0 Å². The number of allylic oxidation sites excluding steroid dienone is 2. The lowest BCUT2D eigenvalue weighted by Crippen LogP contribution is -2.59. The predicted octanol–water partition coefficient (Wildman–Crippen LogP) is 12.7. The van der Waals surface area contributed by atoms with Gasteiger partial charge in [-0.3, -0.25) is 9.59 Å². The summed E-state index contributed by atoms with van der Waals surface area (Å²) in [6, 6.07) is 0. The number of carbonyl (C=O) groups is 2. The van der Waals surface area contributed by atoms with Crippen LogP contribution in [0.25, 0.3) is 0 Å². The van der Waals surface area contributed by atoms with Crippen LogP contribution in [0, 0.1) is 0 Å². The monoisotopic (exact) mass is 897 g/mol. The standard InChI is InChI=1S/C53H100O10/c1-3-5-7-9-11-13-15-17-19-20-21-22-23-24-25-26-27-28-30-31-33-35-37-39-41-48(55)60-44-46(45-61-53-52(59)51(58)50(57)47(43-54)63-53)62-49(56)42-40-38-36-34-32-29-18-16-14-12-10-8-6-4-2/h16,18,46-47,50-54,57-59H,3-15,17,19-45H2,1-2H3/b18-16-. The van der Waals surface area contributed by atoms with Crippen molar-refractivity contribution in [2.45, 2.75) is 295 Å². The van der Waals surface area contributed by atoms with Crippen LogP contribution in [0.1, 0.15) is 258 Å². The van der Waals surface area contributed by atoms with E-state index >= 15 is 0 Å². The first-order valence-electron chi connectivity index (χ1n) is 26.8. The third kappa shape index (κ3) is 35.3. The Balaban J connectivity index is 2.19. The van der Waals surface area contributed by atoms with Crippen LogP contribution in [0.5, 0.6) is 0 Å². The molecule has 4 N–H and O–H groups in total. The zero-order chi connectivity index (χ0) is 45.9. The molecule has 0 aromatic heterocycles. The minimum Gasteiger partial charge on any atom is -0.462 e. The molecule has 1 aliphatic heterocycles. The Morgan fingerprint density at radius 1 is 0.476 bits per heavy atom. The molecule has 1 fully saturated rings. The molecule has 1 rings (SSSR count). The van der Waals surface area contributed by atoms with Crippen LogP contribution in [-0.4, -0.2) is 89.0 Å². The van der Waals surface area contributed by atoms with Gasteiger partial charge in [-0.25, -0.2) is 0 Å². The highest BCUT2D eigenvalue weighted by Gasteiger charge is 2.44. The van der Waals surface area contributed by atoms with Crippen molar-refractivity contribution in [1.82, 2.24) is 0 Å². The van der Waals surface area contributed by atoms with E-state index in [9.17, 15) is 30.0 Å². The van der Waals surface area contributed by atoms with E-state index in [1.54, 1.807) is 0 Å². The van der Waals surface area contributed by atoms with Crippen molar-refractivity contribution in [1.29, 1.82) is 0 Å². The van der Waals surface area contributed by atoms with E-state index in [1.807, 2.05) is 0 Å². The summed E-state index contributed by atoms with van der Waals surface area (Å²) in [5.41, 5.74) is 0. The Morgan fingerprint density at radius 3 is 1.24 bits per heavy atom. The maximum absolute atomic E-state index is 12.8. The van der Waals surface area contributed by atoms with Crippen LogP contribution in [0.2, 0.25) is 0 Å². The zero-order valence-electron chi connectivity index (χ0n) is 40.8. The second kappa shape index (κ2) is 44.3. The molecule has 0 spiro atoms. The lowest BCUT2D eigenvalue weighted by atomic mass is 9.99. The molecule has 0 amide bonds. The summed E-state index contributed by atoms with van der Waals surface area (Å²) in [5, 5.41) is 40.2. The number of esters is 2. The summed E-state index contributed by atoms with van der Waals surface area (Å²) in [6.45, 7) is 3.45. The first-order valence-corrected chi connectivity index (χ1v) is 26.8. The van der Waals surface area contributed by atoms with E-state index in [0.29, 0.717) is 6.42 Å². The Morgan fingerprint density at radius 2 is 0.841 bits per heavy atom. The highest BCUT2D eigenvalue weighted by molar-refractivity contribution is 5.70. The van der Waals surface area contributed by atoms with Gasteiger partial charge in [-0.2, -0.15) is 0 Å². The van der Waals surface area contributed by atoms with E-state index in [1.165, 1.54) is 173 Å². The molecule has 6 atom stereocenters. The molecule has 0 saturated carbocycles. The minimum absolute atomic E-state index is 0.215. The van der Waals surface area contributed by atoms with Gasteiger partial charge in [-0.05, 0) is 38.5 Å². The van der Waals surface area contributed by atoms with Gasteiger partial charge in [-0.15, -0.1) is 0 Å². The average molecular weight is 897 g/mol. The number of hydrogen-bond acceptors (Lipinski definition) is 10. The van der Waals surface area contributed by atoms with Crippen LogP contribution in [-0.2, 0) is 28.5 Å². The van der Waals surface area contributed by atoms with Crippen molar-refractivity contribution in [2.75, 3.05) is 19.8 Å². The molecule has 0 bridgehead atoms. The zero-order valence-corrected chi connectivity index (χ0v) is 40.8. The first-order chi connectivity index (χ1) is 30.8. The summed E-state index contributed by atoms with van der Waals surface area (Å²) < 4.78 is 22.2. The van der Waals surface area contributed by atoms with Crippen LogP contribution >= 0.6 is 0 Å². The second-order valence-corrected chi connectivity index (χ2v) is 18.7. The second-order valence-electron chi connectivity index (χ2n) is 18.7. The Hall–Kier alpha value is -1.56. The fourth-order valence-electron chi connectivity index (χ4n) is 8.42. The predicted molar refractivity (Wildman–Crippen MR) is 256 cm³/mol. The van der Waals surface area contributed by atoms with Crippen molar-refractivity contribution in [2.24, 2.45) is 0 Å². The van der Waals surface area contributed by atoms with E-state index < -0.39 is 49.4 Å². The maximum Gasteiger partial charge on any atom is 0.306 e. The Labute approximate surface area is 386 Å².